The lowest BCUT2D eigenvalue weighted by Gasteiger charge is -2.30. The predicted molar refractivity (Wildman–Crippen MR) is 226 cm³/mol. The number of hydrogen-bond donors (Lipinski definition) is 0. The van der Waals surface area contributed by atoms with E-state index in [9.17, 15) is 0 Å². The van der Waals surface area contributed by atoms with Crippen molar-refractivity contribution in [3.63, 3.8) is 0 Å². The van der Waals surface area contributed by atoms with E-state index in [1.54, 1.807) is 0 Å². The third-order valence-corrected chi connectivity index (χ3v) is 11.1. The first-order valence-electron chi connectivity index (χ1n) is 19.0. The second-order valence-corrected chi connectivity index (χ2v) is 14.4. The monoisotopic (exact) mass is 718 g/mol. The molecule has 0 spiro atoms. The number of furan rings is 1. The topological polar surface area (TPSA) is 55.1 Å². The zero-order valence-corrected chi connectivity index (χ0v) is 30.3. The van der Waals surface area contributed by atoms with E-state index in [0.29, 0.717) is 17.5 Å². The summed E-state index contributed by atoms with van der Waals surface area (Å²) in [5.41, 5.74) is 13.0. The van der Waals surface area contributed by atoms with Gasteiger partial charge in [-0.2, -0.15) is 0 Å². The first-order valence-corrected chi connectivity index (χ1v) is 19.0. The van der Waals surface area contributed by atoms with Crippen LogP contribution in [0.25, 0.3) is 73.5 Å². The van der Waals surface area contributed by atoms with Crippen molar-refractivity contribution in [1.29, 1.82) is 0 Å². The standard InChI is InChI=1S/C51H34N4O/c1-4-15-33(16-5-1)36-21-12-23-38(31-36)50-52-49(35-19-8-3-9-20-35)53-51(54-50)41-26-14-28-44-47(41)48-45(56-44)30-29-43-46(48)40-25-10-11-27-42(40)55(43)39-24-13-22-37(32-39)34-17-6-2-7-18-34/h1-32,43,46H. The molecule has 2 unspecified atom stereocenters. The van der Waals surface area contributed by atoms with Crippen molar-refractivity contribution in [2.75, 3.05) is 4.90 Å². The summed E-state index contributed by atoms with van der Waals surface area (Å²) in [5.74, 6) is 2.74. The highest BCUT2D eigenvalue weighted by molar-refractivity contribution is 5.99. The van der Waals surface area contributed by atoms with Crippen molar-refractivity contribution in [3.8, 4) is 56.4 Å². The molecule has 2 atom stereocenters. The molecule has 0 saturated carbocycles. The van der Waals surface area contributed by atoms with E-state index in [1.807, 2.05) is 30.3 Å². The Labute approximate surface area is 324 Å². The molecule has 1 aliphatic carbocycles. The molecule has 9 aromatic rings. The van der Waals surface area contributed by atoms with Crippen molar-refractivity contribution < 1.29 is 4.42 Å². The van der Waals surface area contributed by atoms with Crippen LogP contribution in [-0.4, -0.2) is 21.0 Å². The molecule has 1 aliphatic heterocycles. The van der Waals surface area contributed by atoms with Crippen LogP contribution >= 0.6 is 0 Å². The highest BCUT2D eigenvalue weighted by Gasteiger charge is 2.43. The summed E-state index contributed by atoms with van der Waals surface area (Å²) < 4.78 is 6.71. The van der Waals surface area contributed by atoms with Crippen LogP contribution < -0.4 is 4.90 Å². The van der Waals surface area contributed by atoms with Gasteiger partial charge in [-0.15, -0.1) is 0 Å². The summed E-state index contributed by atoms with van der Waals surface area (Å²) in [7, 11) is 0. The average Bonchev–Trinajstić information content (AvgIpc) is 3.83. The first-order chi connectivity index (χ1) is 27.8. The molecule has 0 N–H and O–H groups in total. The fraction of sp³-hybridized carbons (Fsp3) is 0.0392. The molecule has 0 fully saturated rings. The largest absolute Gasteiger partial charge is 0.456 e. The Morgan fingerprint density at radius 3 is 1.79 bits per heavy atom. The van der Waals surface area contributed by atoms with Gasteiger partial charge in [-0.25, -0.2) is 15.0 Å². The minimum atomic E-state index is 0.0198. The van der Waals surface area contributed by atoms with Crippen LogP contribution in [0.1, 0.15) is 22.8 Å². The molecule has 5 heteroatoms. The molecule has 0 bridgehead atoms. The fourth-order valence-corrected chi connectivity index (χ4v) is 8.57. The molecule has 0 amide bonds. The van der Waals surface area contributed by atoms with E-state index in [0.717, 1.165) is 55.8 Å². The van der Waals surface area contributed by atoms with Gasteiger partial charge >= 0.3 is 0 Å². The SMILES string of the molecule is C1=CC2C(c3ccccc3N2c2cccc(-c3ccccc3)c2)c2c1oc1cccc(-c3nc(-c4ccccc4)nc(-c4cccc(-c5ccccc5)c4)n3)c21. The number of aromatic nitrogens is 3. The van der Waals surface area contributed by atoms with Gasteiger partial charge in [-0.05, 0) is 64.2 Å². The van der Waals surface area contributed by atoms with Gasteiger partial charge in [0.1, 0.15) is 11.3 Å². The molecular weight excluding hydrogens is 685 g/mol. The molecule has 2 aliphatic rings. The third-order valence-electron chi connectivity index (χ3n) is 11.1. The average molecular weight is 719 g/mol. The summed E-state index contributed by atoms with van der Waals surface area (Å²) in [4.78, 5) is 18.0. The minimum absolute atomic E-state index is 0.0198. The van der Waals surface area contributed by atoms with E-state index in [4.69, 9.17) is 19.4 Å². The lowest BCUT2D eigenvalue weighted by Crippen LogP contribution is -2.30. The molecule has 2 aromatic heterocycles. The Hall–Kier alpha value is -7.37. The van der Waals surface area contributed by atoms with Gasteiger partial charge in [-0.3, -0.25) is 0 Å². The molecule has 7 aromatic carbocycles. The van der Waals surface area contributed by atoms with Gasteiger partial charge in [0.2, 0.25) is 0 Å². The van der Waals surface area contributed by atoms with Crippen molar-refractivity contribution in [2.45, 2.75) is 12.0 Å². The zero-order valence-electron chi connectivity index (χ0n) is 30.3. The van der Waals surface area contributed by atoms with Crippen LogP contribution in [0.15, 0.2) is 192 Å². The molecule has 56 heavy (non-hydrogen) atoms. The Morgan fingerprint density at radius 1 is 0.464 bits per heavy atom. The van der Waals surface area contributed by atoms with Crippen LogP contribution in [0, 0.1) is 0 Å². The summed E-state index contributed by atoms with van der Waals surface area (Å²) in [6, 6.07) is 63.5. The third kappa shape index (κ3) is 5.36. The summed E-state index contributed by atoms with van der Waals surface area (Å²) in [6.45, 7) is 0. The van der Waals surface area contributed by atoms with Crippen molar-refractivity contribution in [2.24, 2.45) is 0 Å². The molecule has 11 rings (SSSR count). The first kappa shape index (κ1) is 32.1. The summed E-state index contributed by atoms with van der Waals surface area (Å²) in [5, 5.41) is 1.03. The Kier molecular flexibility index (Phi) is 7.56. The minimum Gasteiger partial charge on any atom is -0.456 e. The number of anilines is 2. The molecule has 264 valence electrons. The lowest BCUT2D eigenvalue weighted by molar-refractivity contribution is 0.584. The second-order valence-electron chi connectivity index (χ2n) is 14.4. The number of fused-ring (bicyclic) bond motifs is 7. The maximum absolute atomic E-state index is 6.71. The zero-order chi connectivity index (χ0) is 37.0. The fourth-order valence-electron chi connectivity index (χ4n) is 8.57. The van der Waals surface area contributed by atoms with E-state index < -0.39 is 0 Å². The van der Waals surface area contributed by atoms with Gasteiger partial charge in [0.05, 0.1) is 6.04 Å². The maximum Gasteiger partial charge on any atom is 0.164 e. The lowest BCUT2D eigenvalue weighted by atomic mass is 9.81. The predicted octanol–water partition coefficient (Wildman–Crippen LogP) is 12.6. The smallest absolute Gasteiger partial charge is 0.164 e. The molecule has 0 radical (unpaired) electrons. The number of para-hydroxylation sites is 1. The van der Waals surface area contributed by atoms with E-state index >= 15 is 0 Å². The normalized spacial score (nSPS) is 15.4. The number of benzene rings is 7. The number of rotatable bonds is 6. The quantitative estimate of drug-likeness (QED) is 0.171. The highest BCUT2D eigenvalue weighted by atomic mass is 16.3. The van der Waals surface area contributed by atoms with Crippen LogP contribution in [0.5, 0.6) is 0 Å². The van der Waals surface area contributed by atoms with E-state index in [2.05, 4.69) is 169 Å². The maximum atomic E-state index is 6.71. The Morgan fingerprint density at radius 2 is 1.04 bits per heavy atom. The van der Waals surface area contributed by atoms with E-state index in [1.165, 1.54) is 22.4 Å². The Bertz CT molecular complexity index is 2940. The van der Waals surface area contributed by atoms with Crippen LogP contribution in [0.2, 0.25) is 0 Å². The van der Waals surface area contributed by atoms with Gasteiger partial charge in [-0.1, -0.05) is 158 Å². The highest BCUT2D eigenvalue weighted by Crippen LogP contribution is 2.54. The van der Waals surface area contributed by atoms with Crippen LogP contribution in [-0.2, 0) is 0 Å². The molecule has 0 saturated heterocycles. The molecule has 3 heterocycles. The second kappa shape index (κ2) is 13.2. The van der Waals surface area contributed by atoms with Gasteiger partial charge in [0, 0.05) is 44.9 Å². The number of nitrogens with zero attached hydrogens (tertiary/aromatic N) is 4. The van der Waals surface area contributed by atoms with Gasteiger partial charge in [0.15, 0.2) is 17.5 Å². The molecular formula is C51H34N4O. The van der Waals surface area contributed by atoms with Crippen molar-refractivity contribution in [1.82, 2.24) is 15.0 Å². The van der Waals surface area contributed by atoms with Crippen LogP contribution in [0.3, 0.4) is 0 Å². The summed E-state index contributed by atoms with van der Waals surface area (Å²) >= 11 is 0. The molecule has 5 nitrogen and oxygen atoms in total. The number of hydrogen-bond acceptors (Lipinski definition) is 5. The van der Waals surface area contributed by atoms with E-state index in [-0.39, 0.29) is 12.0 Å². The Balaban J connectivity index is 1.08. The van der Waals surface area contributed by atoms with Crippen LogP contribution in [0.4, 0.5) is 11.4 Å². The summed E-state index contributed by atoms with van der Waals surface area (Å²) in [6.07, 6.45) is 4.46. The van der Waals surface area contributed by atoms with Gasteiger partial charge < -0.3 is 9.32 Å². The van der Waals surface area contributed by atoms with Gasteiger partial charge in [0.25, 0.3) is 0 Å². The van der Waals surface area contributed by atoms with Crippen molar-refractivity contribution in [3.05, 3.63) is 205 Å². The van der Waals surface area contributed by atoms with Crippen molar-refractivity contribution >= 4 is 28.4 Å².